The SMILES string of the molecule is CCCCC/C=C\C/C=C\C/C=C\CCCCCCCCCCC(=O)NC(COP(=O)([O-])OCC[N+](C)(C)C)C(/C=C/CCCCCCCCCCCCC)OC(=O)CCCCCCCCCCCCCCCCCCC. The molecule has 0 aromatic rings. The van der Waals surface area contributed by atoms with Gasteiger partial charge in [-0.1, -0.05) is 282 Å². The van der Waals surface area contributed by atoms with Crippen molar-refractivity contribution in [1.82, 2.24) is 5.32 Å². The van der Waals surface area contributed by atoms with Crippen LogP contribution in [0.25, 0.3) is 0 Å². The molecule has 0 aromatic heterocycles. The fourth-order valence-electron chi connectivity index (χ4n) is 9.65. The highest BCUT2D eigenvalue weighted by molar-refractivity contribution is 7.45. The lowest BCUT2D eigenvalue weighted by Crippen LogP contribution is -2.47. The lowest BCUT2D eigenvalue weighted by molar-refractivity contribution is -0.870. The van der Waals surface area contributed by atoms with Crippen LogP contribution in [0.2, 0.25) is 0 Å². The van der Waals surface area contributed by atoms with Gasteiger partial charge >= 0.3 is 5.97 Å². The number of ether oxygens (including phenoxy) is 1. The Kier molecular flexibility index (Phi) is 55.7. The first-order valence-corrected chi connectivity index (χ1v) is 34.4. The summed E-state index contributed by atoms with van der Waals surface area (Å²) in [6, 6.07) is -0.890. The molecule has 10 heteroatoms. The van der Waals surface area contributed by atoms with Crippen LogP contribution in [0.1, 0.15) is 316 Å². The van der Waals surface area contributed by atoms with Crippen LogP contribution in [-0.4, -0.2) is 69.4 Å². The van der Waals surface area contributed by atoms with E-state index in [4.69, 9.17) is 13.8 Å². The molecule has 0 fully saturated rings. The number of carbonyl (C=O) groups excluding carboxylic acids is 2. The molecule has 1 N–H and O–H groups in total. The maximum Gasteiger partial charge on any atom is 0.306 e. The van der Waals surface area contributed by atoms with Crippen molar-refractivity contribution in [1.29, 1.82) is 0 Å². The lowest BCUT2D eigenvalue weighted by atomic mass is 10.0. The average molecular weight is 1100 g/mol. The number of phosphoric acid groups is 1. The minimum Gasteiger partial charge on any atom is -0.756 e. The molecule has 9 nitrogen and oxygen atoms in total. The van der Waals surface area contributed by atoms with Crippen molar-refractivity contribution in [3.63, 3.8) is 0 Å². The van der Waals surface area contributed by atoms with Gasteiger partial charge in [-0.25, -0.2) is 0 Å². The number of nitrogens with zero attached hydrogens (tertiary/aromatic N) is 1. The highest BCUT2D eigenvalue weighted by atomic mass is 31.2. The Morgan fingerprint density at radius 1 is 0.455 bits per heavy atom. The van der Waals surface area contributed by atoms with E-state index in [1.807, 2.05) is 33.3 Å². The van der Waals surface area contributed by atoms with Gasteiger partial charge in [-0.2, -0.15) is 0 Å². The van der Waals surface area contributed by atoms with Gasteiger partial charge in [0.05, 0.1) is 33.8 Å². The normalized spacial score (nSPS) is 13.9. The molecule has 0 aromatic carbocycles. The Morgan fingerprint density at radius 3 is 1.21 bits per heavy atom. The topological polar surface area (TPSA) is 114 Å². The van der Waals surface area contributed by atoms with Crippen molar-refractivity contribution in [3.8, 4) is 0 Å². The van der Waals surface area contributed by atoms with Crippen LogP contribution in [0, 0.1) is 0 Å². The highest BCUT2D eigenvalue weighted by Gasteiger charge is 2.27. The number of amides is 1. The van der Waals surface area contributed by atoms with Gasteiger partial charge in [0.1, 0.15) is 19.3 Å². The predicted molar refractivity (Wildman–Crippen MR) is 330 cm³/mol. The quantitative estimate of drug-likeness (QED) is 0.0212. The summed E-state index contributed by atoms with van der Waals surface area (Å²) in [5.74, 6) is -0.535. The van der Waals surface area contributed by atoms with E-state index in [2.05, 4.69) is 62.5 Å². The number of phosphoric ester groups is 1. The summed E-state index contributed by atoms with van der Waals surface area (Å²) < 4.78 is 30.4. The van der Waals surface area contributed by atoms with E-state index in [0.717, 1.165) is 83.5 Å². The summed E-state index contributed by atoms with van der Waals surface area (Å²) in [7, 11) is 1.19. The molecule has 0 saturated carbocycles. The smallest absolute Gasteiger partial charge is 0.306 e. The van der Waals surface area contributed by atoms with E-state index in [1.165, 1.54) is 199 Å². The molecule has 0 spiro atoms. The largest absolute Gasteiger partial charge is 0.756 e. The number of allylic oxidation sites excluding steroid dienone is 7. The third-order valence-corrected chi connectivity index (χ3v) is 15.7. The molecule has 0 rings (SSSR count). The molecule has 0 aliphatic heterocycles. The molecule has 0 aliphatic carbocycles. The van der Waals surface area contributed by atoms with Gasteiger partial charge in [0.25, 0.3) is 7.82 Å². The molecule has 0 radical (unpaired) electrons. The van der Waals surface area contributed by atoms with Crippen molar-refractivity contribution in [3.05, 3.63) is 48.6 Å². The van der Waals surface area contributed by atoms with E-state index in [1.54, 1.807) is 0 Å². The van der Waals surface area contributed by atoms with Crippen LogP contribution < -0.4 is 10.2 Å². The first-order valence-electron chi connectivity index (χ1n) is 32.9. The highest BCUT2D eigenvalue weighted by Crippen LogP contribution is 2.38. The summed E-state index contributed by atoms with van der Waals surface area (Å²) in [4.78, 5) is 40.1. The Labute approximate surface area is 478 Å². The Morgan fingerprint density at radius 2 is 0.792 bits per heavy atom. The van der Waals surface area contributed by atoms with E-state index < -0.39 is 20.0 Å². The molecule has 77 heavy (non-hydrogen) atoms. The predicted octanol–water partition coefficient (Wildman–Crippen LogP) is 19.8. The molecule has 0 heterocycles. The van der Waals surface area contributed by atoms with Crippen LogP contribution in [0.5, 0.6) is 0 Å². The van der Waals surface area contributed by atoms with Gasteiger partial charge in [0, 0.05) is 12.8 Å². The molecule has 0 aliphatic rings. The van der Waals surface area contributed by atoms with Gasteiger partial charge in [0.2, 0.25) is 5.91 Å². The Bertz CT molecular complexity index is 1460. The number of esters is 1. The van der Waals surface area contributed by atoms with E-state index in [9.17, 15) is 19.0 Å². The van der Waals surface area contributed by atoms with E-state index in [0.29, 0.717) is 17.4 Å². The van der Waals surface area contributed by atoms with Crippen molar-refractivity contribution < 1.29 is 37.3 Å². The van der Waals surface area contributed by atoms with E-state index >= 15 is 0 Å². The van der Waals surface area contributed by atoms with Crippen molar-refractivity contribution in [2.75, 3.05) is 40.9 Å². The zero-order valence-electron chi connectivity index (χ0n) is 51.7. The number of rotatable bonds is 60. The third-order valence-electron chi connectivity index (χ3n) is 14.8. The fraction of sp³-hybridized carbons (Fsp3) is 0.851. The molecule has 0 saturated heterocycles. The number of hydrogen-bond acceptors (Lipinski definition) is 7. The molecule has 3 atom stereocenters. The van der Waals surface area contributed by atoms with Gasteiger partial charge in [-0.05, 0) is 70.3 Å². The van der Waals surface area contributed by atoms with Crippen molar-refractivity contribution >= 4 is 19.7 Å². The van der Waals surface area contributed by atoms with Crippen LogP contribution >= 0.6 is 7.82 Å². The molecular formula is C67H127N2O7P. The summed E-state index contributed by atoms with van der Waals surface area (Å²) in [5.41, 5.74) is 0. The number of quaternary nitrogens is 1. The molecule has 1 amide bonds. The minimum atomic E-state index is -4.70. The number of carbonyl (C=O) groups is 2. The summed E-state index contributed by atoms with van der Waals surface area (Å²) in [6.45, 7) is 6.85. The second kappa shape index (κ2) is 57.2. The molecule has 3 unspecified atom stereocenters. The zero-order valence-corrected chi connectivity index (χ0v) is 52.6. The first kappa shape index (κ1) is 75.0. The number of likely N-dealkylation sites (N-methyl/N-ethyl adjacent to an activating group) is 1. The van der Waals surface area contributed by atoms with Gasteiger partial charge < -0.3 is 28.5 Å². The monoisotopic (exact) mass is 1100 g/mol. The van der Waals surface area contributed by atoms with Crippen LogP contribution in [0.4, 0.5) is 0 Å². The maximum atomic E-state index is 13.6. The van der Waals surface area contributed by atoms with E-state index in [-0.39, 0.29) is 31.5 Å². The van der Waals surface area contributed by atoms with Gasteiger partial charge in [0.15, 0.2) is 0 Å². The minimum absolute atomic E-state index is 0.0226. The first-order chi connectivity index (χ1) is 37.4. The Balaban J connectivity index is 5.22. The van der Waals surface area contributed by atoms with Crippen molar-refractivity contribution in [2.45, 2.75) is 328 Å². The average Bonchev–Trinajstić information content (AvgIpc) is 3.39. The second-order valence-electron chi connectivity index (χ2n) is 23.6. The molecule has 452 valence electrons. The van der Waals surface area contributed by atoms with Crippen LogP contribution in [0.3, 0.4) is 0 Å². The summed E-state index contributed by atoms with van der Waals surface area (Å²) in [5, 5.41) is 3.04. The standard InChI is InChI=1S/C67H127N2O7P/c1-7-10-13-16-19-22-25-28-30-32-33-34-35-37-38-41-44-47-50-53-56-59-66(70)68-64(63-75-77(72,73)74-62-61-69(4,5)6)65(58-55-52-49-46-43-40-27-24-21-18-15-12-9-3)76-67(71)60-57-54-51-48-45-42-39-36-31-29-26-23-20-17-14-11-8-2/h19,22,28,30,33-34,55,58,64-65H,7-18,20-21,23-27,29,31-32,35-54,56-57,59-63H2,1-6H3,(H-,68,70,72,73)/b22-19-,30-28-,34-33-,58-55+. The van der Waals surface area contributed by atoms with Crippen LogP contribution in [-0.2, 0) is 27.9 Å². The third kappa shape index (κ3) is 58.4. The Hall–Kier alpha value is -2.03. The van der Waals surface area contributed by atoms with Gasteiger partial charge in [-0.3, -0.25) is 14.2 Å². The summed E-state index contributed by atoms with van der Waals surface area (Å²) in [6.07, 6.45) is 70.7. The maximum absolute atomic E-state index is 13.6. The zero-order chi connectivity index (χ0) is 56.4. The lowest BCUT2D eigenvalue weighted by Gasteiger charge is -2.30. The molecular weight excluding hydrogens is 976 g/mol. The molecule has 0 bridgehead atoms. The second-order valence-corrected chi connectivity index (χ2v) is 25.0. The number of hydrogen-bond donors (Lipinski definition) is 1. The van der Waals surface area contributed by atoms with Gasteiger partial charge in [-0.15, -0.1) is 0 Å². The van der Waals surface area contributed by atoms with Crippen molar-refractivity contribution in [2.24, 2.45) is 0 Å². The number of unbranched alkanes of at least 4 members (excludes halogenated alkanes) is 38. The van der Waals surface area contributed by atoms with Crippen LogP contribution in [0.15, 0.2) is 48.6 Å². The fourth-order valence-corrected chi connectivity index (χ4v) is 10.4. The number of nitrogens with one attached hydrogen (secondary N) is 1. The summed E-state index contributed by atoms with van der Waals surface area (Å²) >= 11 is 0.